The maximum atomic E-state index is 11.5. The maximum absolute atomic E-state index is 11.5. The standard InChI is InChI=1S/C10H16N2O3S/c1-12-9(6-13)5-10(11-12)8-3-2-4-16(14,15)7-8/h5,8,13H,2-4,6-7H2,1H3. The summed E-state index contributed by atoms with van der Waals surface area (Å²) in [5.74, 6) is 0.475. The van der Waals surface area contributed by atoms with E-state index < -0.39 is 9.84 Å². The highest BCUT2D eigenvalue weighted by molar-refractivity contribution is 7.91. The third-order valence-corrected chi connectivity index (χ3v) is 4.86. The van der Waals surface area contributed by atoms with Crippen molar-refractivity contribution in [2.24, 2.45) is 7.05 Å². The van der Waals surface area contributed by atoms with Crippen LogP contribution in [-0.4, -0.2) is 34.8 Å². The topological polar surface area (TPSA) is 72.2 Å². The predicted molar refractivity (Wildman–Crippen MR) is 59.8 cm³/mol. The van der Waals surface area contributed by atoms with Gasteiger partial charge in [0.2, 0.25) is 0 Å². The van der Waals surface area contributed by atoms with Crippen LogP contribution in [0.15, 0.2) is 6.07 Å². The second kappa shape index (κ2) is 4.18. The van der Waals surface area contributed by atoms with Crippen molar-refractivity contribution in [2.75, 3.05) is 11.5 Å². The molecule has 6 heteroatoms. The lowest BCUT2D eigenvalue weighted by molar-refractivity contribution is 0.270. The maximum Gasteiger partial charge on any atom is 0.150 e. The van der Waals surface area contributed by atoms with Crippen molar-refractivity contribution in [2.45, 2.75) is 25.4 Å². The highest BCUT2D eigenvalue weighted by Gasteiger charge is 2.27. The van der Waals surface area contributed by atoms with Crippen LogP contribution < -0.4 is 0 Å². The number of hydrogen-bond acceptors (Lipinski definition) is 4. The summed E-state index contributed by atoms with van der Waals surface area (Å²) in [6.07, 6.45) is 1.57. The van der Waals surface area contributed by atoms with Gasteiger partial charge < -0.3 is 5.11 Å². The first-order valence-electron chi connectivity index (χ1n) is 5.36. The molecule has 0 radical (unpaired) electrons. The van der Waals surface area contributed by atoms with Crippen molar-refractivity contribution in [1.29, 1.82) is 0 Å². The van der Waals surface area contributed by atoms with E-state index in [2.05, 4.69) is 5.10 Å². The van der Waals surface area contributed by atoms with Crippen LogP contribution in [0.1, 0.15) is 30.1 Å². The van der Waals surface area contributed by atoms with Crippen molar-refractivity contribution in [1.82, 2.24) is 9.78 Å². The molecule has 0 spiro atoms. The lowest BCUT2D eigenvalue weighted by Crippen LogP contribution is -2.24. The van der Waals surface area contributed by atoms with E-state index in [4.69, 9.17) is 5.11 Å². The van der Waals surface area contributed by atoms with Gasteiger partial charge in [0.1, 0.15) is 0 Å². The molecule has 16 heavy (non-hydrogen) atoms. The van der Waals surface area contributed by atoms with E-state index in [0.29, 0.717) is 12.2 Å². The summed E-state index contributed by atoms with van der Waals surface area (Å²) < 4.78 is 24.6. The Morgan fingerprint density at radius 1 is 1.62 bits per heavy atom. The third kappa shape index (κ3) is 2.27. The van der Waals surface area contributed by atoms with Gasteiger partial charge in [-0.25, -0.2) is 8.42 Å². The predicted octanol–water partition coefficient (Wildman–Crippen LogP) is 0.205. The zero-order chi connectivity index (χ0) is 11.8. The fraction of sp³-hybridized carbons (Fsp3) is 0.700. The lowest BCUT2D eigenvalue weighted by Gasteiger charge is -2.19. The van der Waals surface area contributed by atoms with Gasteiger partial charge >= 0.3 is 0 Å². The van der Waals surface area contributed by atoms with E-state index in [1.54, 1.807) is 17.8 Å². The Bertz CT molecular complexity index is 478. The molecule has 90 valence electrons. The quantitative estimate of drug-likeness (QED) is 0.807. The summed E-state index contributed by atoms with van der Waals surface area (Å²) in [5, 5.41) is 13.3. The zero-order valence-corrected chi connectivity index (χ0v) is 10.1. The van der Waals surface area contributed by atoms with Crippen LogP contribution in [0.25, 0.3) is 0 Å². The molecule has 0 aromatic carbocycles. The SMILES string of the molecule is Cn1nc(C2CCCS(=O)(=O)C2)cc1CO. The summed E-state index contributed by atoms with van der Waals surface area (Å²) in [4.78, 5) is 0. The number of nitrogens with zero attached hydrogens (tertiary/aromatic N) is 2. The minimum atomic E-state index is -2.90. The summed E-state index contributed by atoms with van der Waals surface area (Å²) >= 11 is 0. The molecule has 0 bridgehead atoms. The van der Waals surface area contributed by atoms with E-state index in [-0.39, 0.29) is 18.3 Å². The van der Waals surface area contributed by atoms with Crippen LogP contribution in [0.2, 0.25) is 0 Å². The van der Waals surface area contributed by atoms with Crippen LogP contribution in [-0.2, 0) is 23.5 Å². The number of aliphatic hydroxyl groups excluding tert-OH is 1. The summed E-state index contributed by atoms with van der Waals surface area (Å²) in [7, 11) is -1.15. The summed E-state index contributed by atoms with van der Waals surface area (Å²) in [5.41, 5.74) is 1.51. The third-order valence-electron chi connectivity index (χ3n) is 3.04. The second-order valence-electron chi connectivity index (χ2n) is 4.30. The smallest absolute Gasteiger partial charge is 0.150 e. The number of rotatable bonds is 2. The van der Waals surface area contributed by atoms with Gasteiger partial charge in [0, 0.05) is 13.0 Å². The number of aromatic nitrogens is 2. The minimum Gasteiger partial charge on any atom is -0.390 e. The molecular weight excluding hydrogens is 228 g/mol. The molecule has 1 atom stereocenters. The molecule has 1 saturated heterocycles. The van der Waals surface area contributed by atoms with Crippen molar-refractivity contribution in [3.05, 3.63) is 17.5 Å². The molecule has 1 fully saturated rings. The van der Waals surface area contributed by atoms with Crippen LogP contribution in [0.4, 0.5) is 0 Å². The fourth-order valence-electron chi connectivity index (χ4n) is 2.13. The van der Waals surface area contributed by atoms with Crippen molar-refractivity contribution in [3.8, 4) is 0 Å². The molecule has 0 aliphatic carbocycles. The Labute approximate surface area is 95.0 Å². The molecule has 2 heterocycles. The summed E-state index contributed by atoms with van der Waals surface area (Å²) in [6, 6.07) is 1.80. The minimum absolute atomic E-state index is 0.00903. The molecule has 1 aromatic rings. The normalized spacial score (nSPS) is 24.5. The Morgan fingerprint density at radius 2 is 2.38 bits per heavy atom. The van der Waals surface area contributed by atoms with Crippen molar-refractivity contribution >= 4 is 9.84 Å². The first-order chi connectivity index (χ1) is 7.52. The van der Waals surface area contributed by atoms with Gasteiger partial charge in [-0.1, -0.05) is 0 Å². The number of hydrogen-bond donors (Lipinski definition) is 1. The van der Waals surface area contributed by atoms with Gasteiger partial charge in [0.25, 0.3) is 0 Å². The first-order valence-corrected chi connectivity index (χ1v) is 7.18. The molecule has 0 saturated carbocycles. The Kier molecular flexibility index (Phi) is 3.03. The molecule has 1 aliphatic heterocycles. The Hall–Kier alpha value is -0.880. The van der Waals surface area contributed by atoms with Gasteiger partial charge in [-0.05, 0) is 18.9 Å². The Balaban J connectivity index is 2.23. The number of sulfone groups is 1. The average molecular weight is 244 g/mol. The molecule has 2 rings (SSSR count). The van der Waals surface area contributed by atoms with E-state index in [1.807, 2.05) is 0 Å². The highest BCUT2D eigenvalue weighted by atomic mass is 32.2. The summed E-state index contributed by atoms with van der Waals surface area (Å²) in [6.45, 7) is -0.0665. The van der Waals surface area contributed by atoms with Gasteiger partial charge in [0.15, 0.2) is 9.84 Å². The van der Waals surface area contributed by atoms with Crippen LogP contribution in [0, 0.1) is 0 Å². The monoisotopic (exact) mass is 244 g/mol. The molecule has 0 amide bonds. The van der Waals surface area contributed by atoms with Gasteiger partial charge in [-0.3, -0.25) is 4.68 Å². The number of aryl methyl sites for hydroxylation is 1. The van der Waals surface area contributed by atoms with Gasteiger partial charge in [0.05, 0.1) is 29.5 Å². The molecule has 5 nitrogen and oxygen atoms in total. The Morgan fingerprint density at radius 3 is 2.94 bits per heavy atom. The van der Waals surface area contributed by atoms with Crippen LogP contribution >= 0.6 is 0 Å². The van der Waals surface area contributed by atoms with Crippen LogP contribution in [0.5, 0.6) is 0 Å². The van der Waals surface area contributed by atoms with E-state index in [1.165, 1.54) is 0 Å². The van der Waals surface area contributed by atoms with E-state index in [9.17, 15) is 8.42 Å². The molecule has 1 aliphatic rings. The largest absolute Gasteiger partial charge is 0.390 e. The lowest BCUT2D eigenvalue weighted by atomic mass is 10.0. The van der Waals surface area contributed by atoms with Crippen LogP contribution in [0.3, 0.4) is 0 Å². The van der Waals surface area contributed by atoms with E-state index in [0.717, 1.165) is 17.8 Å². The zero-order valence-electron chi connectivity index (χ0n) is 9.26. The fourth-order valence-corrected chi connectivity index (χ4v) is 3.86. The van der Waals surface area contributed by atoms with Crippen molar-refractivity contribution < 1.29 is 13.5 Å². The van der Waals surface area contributed by atoms with Gasteiger partial charge in [-0.2, -0.15) is 5.10 Å². The molecule has 1 aromatic heterocycles. The molecule has 1 unspecified atom stereocenters. The van der Waals surface area contributed by atoms with Gasteiger partial charge in [-0.15, -0.1) is 0 Å². The first kappa shape index (κ1) is 11.6. The second-order valence-corrected chi connectivity index (χ2v) is 6.52. The average Bonchev–Trinajstić information content (AvgIpc) is 2.58. The highest BCUT2D eigenvalue weighted by Crippen LogP contribution is 2.27. The van der Waals surface area contributed by atoms with Crippen molar-refractivity contribution in [3.63, 3.8) is 0 Å². The van der Waals surface area contributed by atoms with E-state index >= 15 is 0 Å². The number of aliphatic hydroxyl groups is 1. The molecular formula is C10H16N2O3S. The molecule has 1 N–H and O–H groups in total.